The van der Waals surface area contributed by atoms with Crippen LogP contribution >= 0.6 is 15.9 Å². The molecule has 1 aromatic carbocycles. The van der Waals surface area contributed by atoms with Gasteiger partial charge in [-0.1, -0.05) is 18.2 Å². The Morgan fingerprint density at radius 2 is 1.97 bits per heavy atom. The molecule has 0 spiro atoms. The van der Waals surface area contributed by atoms with Crippen LogP contribution in [0.4, 0.5) is 10.6 Å². The zero-order chi connectivity index (χ0) is 23.6. The van der Waals surface area contributed by atoms with Crippen LogP contribution in [0.25, 0.3) is 22.2 Å². The average Bonchev–Trinajstić information content (AvgIpc) is 2.99. The first-order valence-electron chi connectivity index (χ1n) is 9.75. The number of carbonyl (C=O) groups is 2. The lowest BCUT2D eigenvalue weighted by Crippen LogP contribution is -2.40. The number of anilines is 1. The van der Waals surface area contributed by atoms with Crippen LogP contribution in [0.3, 0.4) is 0 Å². The molecule has 10 heteroatoms. The number of aromatic nitrogens is 3. The first-order chi connectivity index (χ1) is 15.0. The van der Waals surface area contributed by atoms with E-state index in [9.17, 15) is 14.7 Å². The van der Waals surface area contributed by atoms with Crippen molar-refractivity contribution in [2.45, 2.75) is 39.0 Å². The van der Waals surface area contributed by atoms with Gasteiger partial charge in [0.1, 0.15) is 23.4 Å². The Labute approximate surface area is 193 Å². The highest BCUT2D eigenvalue weighted by molar-refractivity contribution is 9.10. The van der Waals surface area contributed by atoms with Gasteiger partial charge >= 0.3 is 12.1 Å². The van der Waals surface area contributed by atoms with E-state index in [1.807, 2.05) is 4.57 Å². The number of ether oxygens (including phenoxy) is 1. The number of benzene rings is 1. The molecule has 0 saturated heterocycles. The van der Waals surface area contributed by atoms with E-state index in [-0.39, 0.29) is 11.4 Å². The lowest BCUT2D eigenvalue weighted by Gasteiger charge is -2.22. The van der Waals surface area contributed by atoms with Crippen molar-refractivity contribution in [2.75, 3.05) is 5.73 Å². The molecule has 0 unspecified atom stereocenters. The summed E-state index contributed by atoms with van der Waals surface area (Å²) in [6.07, 6.45) is 2.41. The third-order valence-corrected chi connectivity index (χ3v) is 5.42. The van der Waals surface area contributed by atoms with Crippen LogP contribution in [-0.2, 0) is 11.3 Å². The Balaban J connectivity index is 2.04. The van der Waals surface area contributed by atoms with E-state index in [1.54, 1.807) is 39.0 Å². The van der Waals surface area contributed by atoms with E-state index in [0.717, 1.165) is 11.1 Å². The molecule has 1 amide bonds. The largest absolute Gasteiger partial charge is 0.478 e. The summed E-state index contributed by atoms with van der Waals surface area (Å²) in [6.45, 7) is 9.46. The second-order valence-corrected chi connectivity index (χ2v) is 8.86. The number of nitrogens with two attached hydrogens (primary N) is 1. The molecule has 0 radical (unpaired) electrons. The molecule has 168 valence electrons. The van der Waals surface area contributed by atoms with Crippen molar-refractivity contribution in [3.05, 3.63) is 53.4 Å². The predicted octanol–water partition coefficient (Wildman–Crippen LogP) is 4.22. The summed E-state index contributed by atoms with van der Waals surface area (Å²) in [7, 11) is 0. The molecule has 4 N–H and O–H groups in total. The van der Waals surface area contributed by atoms with Gasteiger partial charge in [0, 0.05) is 12.1 Å². The van der Waals surface area contributed by atoms with E-state index in [2.05, 4.69) is 37.8 Å². The van der Waals surface area contributed by atoms with E-state index in [4.69, 9.17) is 10.5 Å². The fourth-order valence-corrected chi connectivity index (χ4v) is 3.95. The quantitative estimate of drug-likeness (QED) is 0.430. The smallest absolute Gasteiger partial charge is 0.408 e. The van der Waals surface area contributed by atoms with Crippen LogP contribution in [0, 0.1) is 0 Å². The number of carboxylic acid groups (broad SMARTS) is 1. The van der Waals surface area contributed by atoms with Crippen LogP contribution in [0.5, 0.6) is 0 Å². The van der Waals surface area contributed by atoms with E-state index in [1.165, 1.54) is 18.5 Å². The van der Waals surface area contributed by atoms with Gasteiger partial charge in [0.15, 0.2) is 0 Å². The van der Waals surface area contributed by atoms with Crippen molar-refractivity contribution in [1.82, 2.24) is 19.9 Å². The minimum absolute atomic E-state index is 0.172. The van der Waals surface area contributed by atoms with Crippen molar-refractivity contribution >= 4 is 44.8 Å². The number of carbonyl (C=O) groups excluding carboxylic acids is 1. The highest BCUT2D eigenvalue weighted by Gasteiger charge is 2.24. The number of rotatable bonds is 6. The maximum atomic E-state index is 12.2. The predicted molar refractivity (Wildman–Crippen MR) is 125 cm³/mol. The molecule has 3 aromatic rings. The summed E-state index contributed by atoms with van der Waals surface area (Å²) in [5.41, 5.74) is 7.73. The average molecular weight is 502 g/mol. The highest BCUT2D eigenvalue weighted by Crippen LogP contribution is 2.39. The number of aromatic carboxylic acids is 1. The van der Waals surface area contributed by atoms with Crippen LogP contribution in [-0.4, -0.2) is 43.3 Å². The van der Waals surface area contributed by atoms with E-state index >= 15 is 0 Å². The topological polar surface area (TPSA) is 132 Å². The van der Waals surface area contributed by atoms with Crippen molar-refractivity contribution in [1.29, 1.82) is 0 Å². The van der Waals surface area contributed by atoms with Gasteiger partial charge in [-0.25, -0.2) is 19.6 Å². The third kappa shape index (κ3) is 4.91. The Bertz CT molecular complexity index is 1180. The van der Waals surface area contributed by atoms with Crippen molar-refractivity contribution in [3.8, 4) is 11.1 Å². The third-order valence-electron chi connectivity index (χ3n) is 4.59. The van der Waals surface area contributed by atoms with Gasteiger partial charge in [0.2, 0.25) is 0 Å². The number of nitrogens with zero attached hydrogens (tertiary/aromatic N) is 3. The number of halogens is 1. The Hall–Kier alpha value is -3.40. The number of alkyl carbamates (subject to hydrolysis) is 1. The normalized spacial score (nSPS) is 12.4. The van der Waals surface area contributed by atoms with Crippen molar-refractivity contribution in [2.24, 2.45) is 0 Å². The maximum absolute atomic E-state index is 12.2. The lowest BCUT2D eigenvalue weighted by atomic mass is 10.0. The minimum atomic E-state index is -1.01. The number of nitrogens with one attached hydrogen (secondary N) is 1. The number of amides is 1. The summed E-state index contributed by atoms with van der Waals surface area (Å²) in [6, 6.07) is 5.97. The van der Waals surface area contributed by atoms with Crippen LogP contribution in [0.2, 0.25) is 0 Å². The first kappa shape index (κ1) is 23.3. The first-order valence-corrected chi connectivity index (χ1v) is 10.5. The van der Waals surface area contributed by atoms with Gasteiger partial charge in [0.25, 0.3) is 0 Å². The Morgan fingerprint density at radius 1 is 1.31 bits per heavy atom. The Kier molecular flexibility index (Phi) is 6.54. The number of hydrogen-bond acceptors (Lipinski definition) is 6. The number of nitrogen functional groups attached to an aromatic ring is 1. The van der Waals surface area contributed by atoms with Gasteiger partial charge in [-0.2, -0.15) is 0 Å². The summed E-state index contributed by atoms with van der Waals surface area (Å²) >= 11 is 3.63. The molecule has 0 bridgehead atoms. The number of fused-ring (bicyclic) bond motifs is 1. The molecule has 2 aromatic heterocycles. The fraction of sp³-hybridized carbons (Fsp3) is 0.273. The second-order valence-electron chi connectivity index (χ2n) is 8.10. The molecule has 3 rings (SSSR count). The molecular formula is C22H24BrN5O4. The maximum Gasteiger partial charge on any atom is 0.408 e. The van der Waals surface area contributed by atoms with Gasteiger partial charge in [-0.3, -0.25) is 0 Å². The summed E-state index contributed by atoms with van der Waals surface area (Å²) < 4.78 is 7.84. The zero-order valence-corrected chi connectivity index (χ0v) is 19.5. The molecule has 0 fully saturated rings. The minimum Gasteiger partial charge on any atom is -0.478 e. The molecule has 32 heavy (non-hydrogen) atoms. The molecule has 9 nitrogen and oxygen atoms in total. The van der Waals surface area contributed by atoms with Gasteiger partial charge in [-0.15, -0.1) is 6.58 Å². The second kappa shape index (κ2) is 8.99. The molecule has 0 aliphatic carbocycles. The fourth-order valence-electron chi connectivity index (χ4n) is 3.21. The molecule has 0 aliphatic heterocycles. The number of hydrogen-bond donors (Lipinski definition) is 3. The van der Waals surface area contributed by atoms with Gasteiger partial charge in [-0.05, 0) is 54.4 Å². The van der Waals surface area contributed by atoms with Gasteiger partial charge in [0.05, 0.1) is 21.6 Å². The van der Waals surface area contributed by atoms with E-state index in [0.29, 0.717) is 22.2 Å². The van der Waals surface area contributed by atoms with Crippen LogP contribution in [0.15, 0.2) is 47.9 Å². The van der Waals surface area contributed by atoms with Crippen LogP contribution < -0.4 is 11.1 Å². The molecule has 0 saturated carbocycles. The van der Waals surface area contributed by atoms with Crippen LogP contribution in [0.1, 0.15) is 31.1 Å². The molecular weight excluding hydrogens is 478 g/mol. The lowest BCUT2D eigenvalue weighted by molar-refractivity contribution is 0.0510. The standard InChI is InChI=1S/C22H24BrN5O4/c1-5-14(27-21(31)32-22(2,3)4)10-28-17(23)15(16-18(24)25-11-26-19(16)28)12-6-8-13(9-7-12)20(29)30/h5-9,11,14H,1,10H2,2-4H3,(H,27,31)(H,29,30)(H2,24,25,26)/t14-/m1/s1. The highest BCUT2D eigenvalue weighted by atomic mass is 79.9. The summed E-state index contributed by atoms with van der Waals surface area (Å²) in [5, 5.41) is 12.6. The van der Waals surface area contributed by atoms with Crippen molar-refractivity contribution < 1.29 is 19.4 Å². The number of carboxylic acids is 1. The SMILES string of the molecule is C=C[C@H](Cn1c(Br)c(-c2ccc(C(=O)O)cc2)c2c(N)ncnc21)NC(=O)OC(C)(C)C. The van der Waals surface area contributed by atoms with Crippen molar-refractivity contribution in [3.63, 3.8) is 0 Å². The van der Waals surface area contributed by atoms with Gasteiger partial charge < -0.3 is 25.5 Å². The summed E-state index contributed by atoms with van der Waals surface area (Å²) in [5.74, 6) is -0.732. The Morgan fingerprint density at radius 3 is 2.53 bits per heavy atom. The monoisotopic (exact) mass is 501 g/mol. The molecule has 0 aliphatic rings. The molecule has 1 atom stereocenters. The zero-order valence-electron chi connectivity index (χ0n) is 17.9. The summed E-state index contributed by atoms with van der Waals surface area (Å²) in [4.78, 5) is 31.9. The van der Waals surface area contributed by atoms with E-state index < -0.39 is 23.7 Å². The molecule has 2 heterocycles.